The molecule has 0 radical (unpaired) electrons. The average molecular weight is 270 g/mol. The molecule has 0 saturated heterocycles. The van der Waals surface area contributed by atoms with Crippen molar-refractivity contribution in [3.8, 4) is 0 Å². The summed E-state index contributed by atoms with van der Waals surface area (Å²) in [6.45, 7) is 4.17. The number of carbonyl (C=O) groups is 2. The molecule has 1 aromatic carbocycles. The van der Waals surface area contributed by atoms with Crippen molar-refractivity contribution in [3.63, 3.8) is 0 Å². The number of fused-ring (bicyclic) bond motifs is 1. The molecule has 1 heterocycles. The van der Waals surface area contributed by atoms with Crippen molar-refractivity contribution in [1.29, 1.82) is 0 Å². The fraction of sp³-hybridized carbons (Fsp3) is 0.250. The zero-order valence-corrected chi connectivity index (χ0v) is 11.7. The van der Waals surface area contributed by atoms with Crippen LogP contribution < -0.4 is 10.2 Å². The van der Waals surface area contributed by atoms with Gasteiger partial charge in [-0.15, -0.1) is 0 Å². The smallest absolute Gasteiger partial charge is 0.248 e. The van der Waals surface area contributed by atoms with Gasteiger partial charge >= 0.3 is 0 Å². The number of carbonyl (C=O) groups excluding carboxylic acids is 2. The van der Waals surface area contributed by atoms with Gasteiger partial charge in [0.15, 0.2) is 0 Å². The van der Waals surface area contributed by atoms with E-state index in [1.54, 1.807) is 24.0 Å². The van der Waals surface area contributed by atoms with Crippen LogP contribution in [0.4, 0.5) is 11.4 Å². The summed E-state index contributed by atoms with van der Waals surface area (Å²) in [6, 6.07) is 5.64. The predicted octanol–water partition coefficient (Wildman–Crippen LogP) is 2.67. The Morgan fingerprint density at radius 3 is 2.80 bits per heavy atom. The summed E-state index contributed by atoms with van der Waals surface area (Å²) in [5, 5.41) is 2.81. The normalized spacial score (nSPS) is 14.0. The first-order valence-electron chi connectivity index (χ1n) is 6.63. The molecule has 1 N–H and O–H groups in total. The molecule has 4 heteroatoms. The summed E-state index contributed by atoms with van der Waals surface area (Å²) in [6.07, 6.45) is 7.66. The zero-order valence-electron chi connectivity index (χ0n) is 11.7. The van der Waals surface area contributed by atoms with Gasteiger partial charge in [0.2, 0.25) is 11.8 Å². The molecule has 0 spiro atoms. The Morgan fingerprint density at radius 2 is 2.10 bits per heavy atom. The van der Waals surface area contributed by atoms with Gasteiger partial charge in [-0.05, 0) is 37.1 Å². The number of benzene rings is 1. The molecule has 0 saturated carbocycles. The maximum atomic E-state index is 11.7. The van der Waals surface area contributed by atoms with Crippen LogP contribution in [0, 0.1) is 0 Å². The monoisotopic (exact) mass is 270 g/mol. The Bertz CT molecular complexity index is 588. The molecule has 2 rings (SSSR count). The number of nitrogens with one attached hydrogen (secondary N) is 1. The quantitative estimate of drug-likeness (QED) is 0.678. The van der Waals surface area contributed by atoms with E-state index in [1.807, 2.05) is 31.2 Å². The third kappa shape index (κ3) is 3.15. The first-order chi connectivity index (χ1) is 9.61. The Kier molecular flexibility index (Phi) is 4.35. The molecule has 0 atom stereocenters. The highest BCUT2D eigenvalue weighted by atomic mass is 16.2. The molecule has 4 nitrogen and oxygen atoms in total. The second-order valence-corrected chi connectivity index (χ2v) is 4.64. The van der Waals surface area contributed by atoms with Gasteiger partial charge in [0.25, 0.3) is 0 Å². The van der Waals surface area contributed by atoms with E-state index in [4.69, 9.17) is 0 Å². The van der Waals surface area contributed by atoms with Crippen LogP contribution in [0.5, 0.6) is 0 Å². The highest BCUT2D eigenvalue weighted by Crippen LogP contribution is 2.30. The summed E-state index contributed by atoms with van der Waals surface area (Å²) in [5.41, 5.74) is 2.79. The van der Waals surface area contributed by atoms with E-state index in [0.717, 1.165) is 23.4 Å². The molecule has 1 aliphatic heterocycles. The number of hydrogen-bond donors (Lipinski definition) is 1. The first kappa shape index (κ1) is 14.1. The predicted molar refractivity (Wildman–Crippen MR) is 80.8 cm³/mol. The minimum atomic E-state index is -0.163. The number of rotatable bonds is 3. The maximum Gasteiger partial charge on any atom is 0.248 e. The van der Waals surface area contributed by atoms with Crippen LogP contribution in [0.15, 0.2) is 42.5 Å². The lowest BCUT2D eigenvalue weighted by atomic mass is 10.1. The Morgan fingerprint density at radius 1 is 1.30 bits per heavy atom. The van der Waals surface area contributed by atoms with Gasteiger partial charge in [-0.3, -0.25) is 9.59 Å². The SMILES string of the molecule is C/C=C/C=C/C(=O)Nc1ccc2c(c1)CCN2C(C)=O. The lowest BCUT2D eigenvalue weighted by molar-refractivity contribution is -0.116. The van der Waals surface area contributed by atoms with Crippen LogP contribution in [0.25, 0.3) is 0 Å². The third-order valence-electron chi connectivity index (χ3n) is 3.17. The molecule has 104 valence electrons. The van der Waals surface area contributed by atoms with Crippen LogP contribution in [0.2, 0.25) is 0 Å². The molecule has 2 amide bonds. The van der Waals surface area contributed by atoms with Crippen LogP contribution >= 0.6 is 0 Å². The van der Waals surface area contributed by atoms with Gasteiger partial charge in [0.1, 0.15) is 0 Å². The van der Waals surface area contributed by atoms with E-state index in [-0.39, 0.29) is 11.8 Å². The molecule has 1 aromatic rings. The van der Waals surface area contributed by atoms with Crippen LogP contribution in [0.1, 0.15) is 19.4 Å². The minimum absolute atomic E-state index is 0.0508. The Labute approximate surface area is 118 Å². The molecule has 0 bridgehead atoms. The van der Waals surface area contributed by atoms with Crippen molar-refractivity contribution in [1.82, 2.24) is 0 Å². The topological polar surface area (TPSA) is 49.4 Å². The summed E-state index contributed by atoms with van der Waals surface area (Å²) in [7, 11) is 0. The molecular formula is C16H18N2O2. The van der Waals surface area contributed by atoms with Crippen LogP contribution in [-0.2, 0) is 16.0 Å². The summed E-state index contributed by atoms with van der Waals surface area (Å²) in [4.78, 5) is 24.9. The fourth-order valence-corrected chi connectivity index (χ4v) is 2.24. The Balaban J connectivity index is 2.09. The summed E-state index contributed by atoms with van der Waals surface area (Å²) >= 11 is 0. The molecule has 1 aliphatic rings. The van der Waals surface area contributed by atoms with Gasteiger partial charge in [-0.25, -0.2) is 0 Å². The standard InChI is InChI=1S/C16H18N2O2/c1-3-4-5-6-16(20)17-14-7-8-15-13(11-14)9-10-18(15)12(2)19/h3-8,11H,9-10H2,1-2H3,(H,17,20)/b4-3+,6-5+. The van der Waals surface area contributed by atoms with E-state index < -0.39 is 0 Å². The third-order valence-corrected chi connectivity index (χ3v) is 3.17. The molecule has 0 fully saturated rings. The molecule has 0 aliphatic carbocycles. The highest BCUT2D eigenvalue weighted by Gasteiger charge is 2.22. The van der Waals surface area contributed by atoms with Crippen molar-refractivity contribution in [3.05, 3.63) is 48.1 Å². The summed E-state index contributed by atoms with van der Waals surface area (Å²) < 4.78 is 0. The van der Waals surface area contributed by atoms with E-state index >= 15 is 0 Å². The van der Waals surface area contributed by atoms with Gasteiger partial charge in [-0.1, -0.05) is 18.2 Å². The minimum Gasteiger partial charge on any atom is -0.323 e. The van der Waals surface area contributed by atoms with Crippen LogP contribution in [0.3, 0.4) is 0 Å². The summed E-state index contributed by atoms with van der Waals surface area (Å²) in [5.74, 6) is -0.112. The van der Waals surface area contributed by atoms with E-state index in [1.165, 1.54) is 6.08 Å². The number of hydrogen-bond acceptors (Lipinski definition) is 2. The van der Waals surface area contributed by atoms with Gasteiger partial charge in [0.05, 0.1) is 0 Å². The van der Waals surface area contributed by atoms with Crippen molar-refractivity contribution in [2.75, 3.05) is 16.8 Å². The lowest BCUT2D eigenvalue weighted by Crippen LogP contribution is -2.25. The van der Waals surface area contributed by atoms with Gasteiger partial charge in [0, 0.05) is 30.9 Å². The number of allylic oxidation sites excluding steroid dienone is 3. The molecule has 20 heavy (non-hydrogen) atoms. The van der Waals surface area contributed by atoms with E-state index in [2.05, 4.69) is 5.32 Å². The fourth-order valence-electron chi connectivity index (χ4n) is 2.24. The molecule has 0 unspecified atom stereocenters. The average Bonchev–Trinajstić information content (AvgIpc) is 2.82. The number of amides is 2. The van der Waals surface area contributed by atoms with Crippen LogP contribution in [-0.4, -0.2) is 18.4 Å². The van der Waals surface area contributed by atoms with Crippen molar-refractivity contribution >= 4 is 23.2 Å². The van der Waals surface area contributed by atoms with E-state index in [9.17, 15) is 9.59 Å². The van der Waals surface area contributed by atoms with E-state index in [0.29, 0.717) is 6.54 Å². The second-order valence-electron chi connectivity index (χ2n) is 4.64. The largest absolute Gasteiger partial charge is 0.323 e. The van der Waals surface area contributed by atoms with Gasteiger partial charge < -0.3 is 10.2 Å². The number of nitrogens with zero attached hydrogens (tertiary/aromatic N) is 1. The number of anilines is 2. The van der Waals surface area contributed by atoms with Crippen molar-refractivity contribution in [2.45, 2.75) is 20.3 Å². The highest BCUT2D eigenvalue weighted by molar-refractivity contribution is 6.00. The zero-order chi connectivity index (χ0) is 14.5. The Hall–Kier alpha value is -2.36. The second kappa shape index (κ2) is 6.19. The van der Waals surface area contributed by atoms with Crippen molar-refractivity contribution in [2.24, 2.45) is 0 Å². The maximum absolute atomic E-state index is 11.7. The molecular weight excluding hydrogens is 252 g/mol. The van der Waals surface area contributed by atoms with Crippen molar-refractivity contribution < 1.29 is 9.59 Å². The molecule has 0 aromatic heterocycles. The van der Waals surface area contributed by atoms with Gasteiger partial charge in [-0.2, -0.15) is 0 Å². The lowest BCUT2D eigenvalue weighted by Gasteiger charge is -2.14. The first-order valence-corrected chi connectivity index (χ1v) is 6.63.